The van der Waals surface area contributed by atoms with Crippen molar-refractivity contribution >= 4 is 0 Å². The molecule has 0 saturated carbocycles. The van der Waals surface area contributed by atoms with E-state index in [2.05, 4.69) is 42.7 Å². The zero-order valence-electron chi connectivity index (χ0n) is 9.64. The summed E-state index contributed by atoms with van der Waals surface area (Å²) >= 11 is 0. The standard InChI is InChI=1S/C13H20N2/c1-3-14-9-12-7-13-10(2)5-4-6-11(13)8-15-12/h4-6,12,14-15H,3,7-9H2,1-2H3/t12-/m1/s1. The molecule has 0 fully saturated rings. The second-order valence-corrected chi connectivity index (χ2v) is 4.30. The molecule has 0 spiro atoms. The number of fused-ring (bicyclic) bond motifs is 1. The average molecular weight is 204 g/mol. The fourth-order valence-electron chi connectivity index (χ4n) is 2.26. The number of likely N-dealkylation sites (N-methyl/N-ethyl adjacent to an activating group) is 1. The third-order valence-electron chi connectivity index (χ3n) is 3.18. The Hall–Kier alpha value is -0.860. The summed E-state index contributed by atoms with van der Waals surface area (Å²) in [6.07, 6.45) is 1.16. The Morgan fingerprint density at radius 1 is 1.47 bits per heavy atom. The Bertz CT molecular complexity index is 333. The normalized spacial score (nSPS) is 20.0. The van der Waals surface area contributed by atoms with Crippen molar-refractivity contribution in [2.24, 2.45) is 0 Å². The van der Waals surface area contributed by atoms with Gasteiger partial charge in [-0.1, -0.05) is 25.1 Å². The maximum Gasteiger partial charge on any atom is 0.0236 e. The molecule has 2 N–H and O–H groups in total. The Kier molecular flexibility index (Phi) is 3.39. The van der Waals surface area contributed by atoms with E-state index in [9.17, 15) is 0 Å². The number of hydrogen-bond acceptors (Lipinski definition) is 2. The molecule has 2 nitrogen and oxygen atoms in total. The molecular weight excluding hydrogens is 184 g/mol. The lowest BCUT2D eigenvalue weighted by molar-refractivity contribution is 0.452. The molecule has 0 bridgehead atoms. The minimum absolute atomic E-state index is 0.596. The van der Waals surface area contributed by atoms with Crippen LogP contribution in [0.15, 0.2) is 18.2 Å². The van der Waals surface area contributed by atoms with Gasteiger partial charge in [0, 0.05) is 19.1 Å². The van der Waals surface area contributed by atoms with E-state index in [0.717, 1.165) is 26.1 Å². The SMILES string of the molecule is CCNC[C@H]1Cc2c(C)cccc2CN1. The molecular formula is C13H20N2. The highest BCUT2D eigenvalue weighted by Crippen LogP contribution is 2.19. The van der Waals surface area contributed by atoms with Gasteiger partial charge in [-0.05, 0) is 36.6 Å². The van der Waals surface area contributed by atoms with Crippen LogP contribution in [0.5, 0.6) is 0 Å². The molecule has 1 aliphatic rings. The van der Waals surface area contributed by atoms with E-state index in [1.165, 1.54) is 11.1 Å². The fourth-order valence-corrected chi connectivity index (χ4v) is 2.26. The van der Waals surface area contributed by atoms with Crippen LogP contribution in [0.1, 0.15) is 23.6 Å². The molecule has 0 amide bonds. The van der Waals surface area contributed by atoms with Gasteiger partial charge in [0.15, 0.2) is 0 Å². The predicted molar refractivity (Wildman–Crippen MR) is 64.1 cm³/mol. The van der Waals surface area contributed by atoms with Crippen LogP contribution in [-0.2, 0) is 13.0 Å². The van der Waals surface area contributed by atoms with E-state index in [1.807, 2.05) is 0 Å². The Balaban J connectivity index is 2.08. The molecule has 0 saturated heterocycles. The van der Waals surface area contributed by atoms with Crippen LogP contribution in [0, 0.1) is 6.92 Å². The number of aryl methyl sites for hydroxylation is 1. The number of benzene rings is 1. The van der Waals surface area contributed by atoms with Crippen LogP contribution in [-0.4, -0.2) is 19.1 Å². The minimum atomic E-state index is 0.596. The molecule has 1 aromatic carbocycles. The van der Waals surface area contributed by atoms with Crippen LogP contribution in [0.4, 0.5) is 0 Å². The molecule has 2 heteroatoms. The molecule has 0 unspecified atom stereocenters. The van der Waals surface area contributed by atoms with E-state index in [0.29, 0.717) is 6.04 Å². The molecule has 0 aromatic heterocycles. The van der Waals surface area contributed by atoms with Crippen LogP contribution in [0.25, 0.3) is 0 Å². The molecule has 82 valence electrons. The van der Waals surface area contributed by atoms with Gasteiger partial charge in [-0.2, -0.15) is 0 Å². The van der Waals surface area contributed by atoms with Crippen molar-refractivity contribution in [2.45, 2.75) is 32.9 Å². The first-order valence-electron chi connectivity index (χ1n) is 5.82. The van der Waals surface area contributed by atoms with Crippen molar-refractivity contribution in [1.82, 2.24) is 10.6 Å². The van der Waals surface area contributed by atoms with Crippen molar-refractivity contribution in [2.75, 3.05) is 13.1 Å². The van der Waals surface area contributed by atoms with E-state index >= 15 is 0 Å². The summed E-state index contributed by atoms with van der Waals surface area (Å²) in [6.45, 7) is 7.52. The van der Waals surface area contributed by atoms with Crippen molar-refractivity contribution in [3.05, 3.63) is 34.9 Å². The van der Waals surface area contributed by atoms with Gasteiger partial charge in [0.2, 0.25) is 0 Å². The van der Waals surface area contributed by atoms with Gasteiger partial charge < -0.3 is 10.6 Å². The van der Waals surface area contributed by atoms with Crippen molar-refractivity contribution in [3.8, 4) is 0 Å². The first kappa shape index (κ1) is 10.7. The van der Waals surface area contributed by atoms with Gasteiger partial charge in [0.25, 0.3) is 0 Å². The highest BCUT2D eigenvalue weighted by Gasteiger charge is 2.18. The number of hydrogen-bond donors (Lipinski definition) is 2. The monoisotopic (exact) mass is 204 g/mol. The summed E-state index contributed by atoms with van der Waals surface area (Å²) < 4.78 is 0. The summed E-state index contributed by atoms with van der Waals surface area (Å²) in [5.74, 6) is 0. The van der Waals surface area contributed by atoms with Crippen molar-refractivity contribution in [1.29, 1.82) is 0 Å². The molecule has 2 rings (SSSR count). The minimum Gasteiger partial charge on any atom is -0.315 e. The Labute approximate surface area is 92.1 Å². The summed E-state index contributed by atoms with van der Waals surface area (Å²) in [6, 6.07) is 7.20. The largest absolute Gasteiger partial charge is 0.315 e. The third kappa shape index (κ3) is 2.39. The van der Waals surface area contributed by atoms with Gasteiger partial charge in [0.1, 0.15) is 0 Å². The highest BCUT2D eigenvalue weighted by atomic mass is 15.0. The maximum absolute atomic E-state index is 3.57. The lowest BCUT2D eigenvalue weighted by atomic mass is 9.92. The molecule has 15 heavy (non-hydrogen) atoms. The molecule has 1 heterocycles. The molecule has 0 aliphatic carbocycles. The van der Waals surface area contributed by atoms with Crippen molar-refractivity contribution in [3.63, 3.8) is 0 Å². The first-order chi connectivity index (χ1) is 7.31. The van der Waals surface area contributed by atoms with Crippen LogP contribution < -0.4 is 10.6 Å². The van der Waals surface area contributed by atoms with Crippen LogP contribution in [0.2, 0.25) is 0 Å². The molecule has 1 aliphatic heterocycles. The smallest absolute Gasteiger partial charge is 0.0236 e. The lowest BCUT2D eigenvalue weighted by Gasteiger charge is -2.27. The van der Waals surface area contributed by atoms with E-state index in [4.69, 9.17) is 0 Å². The topological polar surface area (TPSA) is 24.1 Å². The van der Waals surface area contributed by atoms with Gasteiger partial charge in [-0.25, -0.2) is 0 Å². The summed E-state index contributed by atoms with van der Waals surface area (Å²) in [4.78, 5) is 0. The van der Waals surface area contributed by atoms with Crippen molar-refractivity contribution < 1.29 is 0 Å². The maximum atomic E-state index is 3.57. The lowest BCUT2D eigenvalue weighted by Crippen LogP contribution is -2.43. The van der Waals surface area contributed by atoms with Gasteiger partial charge in [-0.3, -0.25) is 0 Å². The molecule has 1 aromatic rings. The third-order valence-corrected chi connectivity index (χ3v) is 3.18. The first-order valence-corrected chi connectivity index (χ1v) is 5.82. The number of nitrogens with one attached hydrogen (secondary N) is 2. The number of rotatable bonds is 3. The van der Waals surface area contributed by atoms with E-state index in [-0.39, 0.29) is 0 Å². The Morgan fingerprint density at radius 3 is 3.13 bits per heavy atom. The van der Waals surface area contributed by atoms with Gasteiger partial charge in [0.05, 0.1) is 0 Å². The van der Waals surface area contributed by atoms with E-state index < -0.39 is 0 Å². The van der Waals surface area contributed by atoms with E-state index in [1.54, 1.807) is 5.56 Å². The summed E-state index contributed by atoms with van der Waals surface area (Å²) in [7, 11) is 0. The average Bonchev–Trinajstić information content (AvgIpc) is 2.27. The molecule has 0 radical (unpaired) electrons. The van der Waals surface area contributed by atoms with Gasteiger partial charge in [-0.15, -0.1) is 0 Å². The molecule has 1 atom stereocenters. The van der Waals surface area contributed by atoms with Gasteiger partial charge >= 0.3 is 0 Å². The zero-order chi connectivity index (χ0) is 10.7. The second-order valence-electron chi connectivity index (χ2n) is 4.30. The second kappa shape index (κ2) is 4.77. The summed E-state index contributed by atoms with van der Waals surface area (Å²) in [5, 5.41) is 6.98. The fraction of sp³-hybridized carbons (Fsp3) is 0.538. The highest BCUT2D eigenvalue weighted by molar-refractivity contribution is 5.36. The zero-order valence-corrected chi connectivity index (χ0v) is 9.64. The quantitative estimate of drug-likeness (QED) is 0.782. The Morgan fingerprint density at radius 2 is 2.33 bits per heavy atom. The van der Waals surface area contributed by atoms with Crippen LogP contribution >= 0.6 is 0 Å². The predicted octanol–water partition coefficient (Wildman–Crippen LogP) is 1.62. The summed E-state index contributed by atoms with van der Waals surface area (Å²) in [5.41, 5.74) is 4.47. The van der Waals surface area contributed by atoms with Crippen LogP contribution in [0.3, 0.4) is 0 Å².